The number of halogens is 1. The van der Waals surface area contributed by atoms with Crippen molar-refractivity contribution in [1.82, 2.24) is 0 Å². The van der Waals surface area contributed by atoms with Crippen LogP contribution in [0.4, 0.5) is 14.9 Å². The zero-order chi connectivity index (χ0) is 22.8. The average molecular weight is 433 g/mol. The second-order valence-electron chi connectivity index (χ2n) is 7.84. The lowest BCUT2D eigenvalue weighted by atomic mass is 9.95. The molecule has 3 aromatic rings. The summed E-state index contributed by atoms with van der Waals surface area (Å²) >= 11 is 0. The van der Waals surface area contributed by atoms with E-state index in [1.54, 1.807) is 13.0 Å². The van der Waals surface area contributed by atoms with E-state index >= 15 is 4.39 Å². The molecule has 3 aromatic carbocycles. The minimum Gasteiger partial charge on any atom is -0.481 e. The van der Waals surface area contributed by atoms with E-state index in [-0.39, 0.29) is 30.2 Å². The molecule has 0 bridgehead atoms. The van der Waals surface area contributed by atoms with Gasteiger partial charge in [-0.25, -0.2) is 9.18 Å². The number of carbonyl (C=O) groups excluding carboxylic acids is 1. The van der Waals surface area contributed by atoms with Crippen LogP contribution in [0.1, 0.15) is 41.9 Å². The minimum atomic E-state index is -1.10. The van der Waals surface area contributed by atoms with E-state index in [2.05, 4.69) is 12.1 Å². The van der Waals surface area contributed by atoms with Crippen molar-refractivity contribution in [2.45, 2.75) is 25.2 Å². The first-order chi connectivity index (χ1) is 15.4. The topological polar surface area (TPSA) is 66.8 Å². The van der Waals surface area contributed by atoms with Gasteiger partial charge in [-0.3, -0.25) is 9.69 Å². The number of anilines is 1. The van der Waals surface area contributed by atoms with Gasteiger partial charge in [-0.15, -0.1) is 0 Å². The van der Waals surface area contributed by atoms with Crippen molar-refractivity contribution >= 4 is 17.7 Å². The minimum absolute atomic E-state index is 0.0144. The van der Waals surface area contributed by atoms with E-state index in [1.165, 1.54) is 19.2 Å². The maximum Gasteiger partial charge on any atom is 0.414 e. The van der Waals surface area contributed by atoms with Gasteiger partial charge >= 0.3 is 12.1 Å². The highest BCUT2D eigenvalue weighted by atomic mass is 19.1. The lowest BCUT2D eigenvalue weighted by Crippen LogP contribution is -2.29. The van der Waals surface area contributed by atoms with Crippen LogP contribution in [0.3, 0.4) is 0 Å². The lowest BCUT2D eigenvalue weighted by molar-refractivity contribution is -0.138. The predicted octanol–water partition coefficient (Wildman–Crippen LogP) is 5.79. The van der Waals surface area contributed by atoms with E-state index in [4.69, 9.17) is 4.74 Å². The van der Waals surface area contributed by atoms with Gasteiger partial charge in [-0.1, -0.05) is 67.6 Å². The van der Waals surface area contributed by atoms with Crippen LogP contribution >= 0.6 is 0 Å². The van der Waals surface area contributed by atoms with Crippen molar-refractivity contribution in [3.8, 4) is 11.1 Å². The summed E-state index contributed by atoms with van der Waals surface area (Å²) < 4.78 is 20.7. The van der Waals surface area contributed by atoms with E-state index < -0.39 is 23.8 Å². The molecule has 5 nitrogen and oxygen atoms in total. The molecule has 1 atom stereocenters. The lowest BCUT2D eigenvalue weighted by Gasteiger charge is -2.22. The van der Waals surface area contributed by atoms with E-state index in [0.29, 0.717) is 0 Å². The molecular formula is C26H24FNO4. The third-order valence-electron chi connectivity index (χ3n) is 6.06. The Bertz CT molecular complexity index is 1130. The van der Waals surface area contributed by atoms with Crippen LogP contribution in [-0.4, -0.2) is 30.8 Å². The van der Waals surface area contributed by atoms with Crippen LogP contribution in [0.25, 0.3) is 11.1 Å². The largest absolute Gasteiger partial charge is 0.481 e. The number of fused-ring (bicyclic) bond motifs is 3. The molecule has 0 aromatic heterocycles. The molecular weight excluding hydrogens is 409 g/mol. The summed E-state index contributed by atoms with van der Waals surface area (Å²) in [6, 6.07) is 20.5. The Labute approximate surface area is 186 Å². The van der Waals surface area contributed by atoms with Crippen molar-refractivity contribution in [2.75, 3.05) is 18.6 Å². The fourth-order valence-electron chi connectivity index (χ4n) is 4.38. The first kappa shape index (κ1) is 21.6. The quantitative estimate of drug-likeness (QED) is 0.534. The van der Waals surface area contributed by atoms with Crippen molar-refractivity contribution in [3.05, 3.63) is 89.2 Å². The molecule has 0 saturated carbocycles. The van der Waals surface area contributed by atoms with E-state index in [1.807, 2.05) is 36.4 Å². The maximum absolute atomic E-state index is 15.1. The highest BCUT2D eigenvalue weighted by Gasteiger charge is 2.30. The highest BCUT2D eigenvalue weighted by molar-refractivity contribution is 5.88. The van der Waals surface area contributed by atoms with Gasteiger partial charge < -0.3 is 9.84 Å². The molecule has 0 fully saturated rings. The summed E-state index contributed by atoms with van der Waals surface area (Å²) in [6.45, 7) is 1.80. The number of hydrogen-bond donors (Lipinski definition) is 1. The molecule has 0 radical (unpaired) electrons. The van der Waals surface area contributed by atoms with Gasteiger partial charge in [0.05, 0.1) is 11.6 Å². The number of aliphatic carboxylic acids is 1. The Balaban J connectivity index is 1.54. The molecule has 1 aliphatic carbocycles. The number of amides is 1. The van der Waals surface area contributed by atoms with E-state index in [0.717, 1.165) is 27.2 Å². The smallest absolute Gasteiger partial charge is 0.414 e. The third-order valence-corrected chi connectivity index (χ3v) is 6.06. The summed E-state index contributed by atoms with van der Waals surface area (Å²) in [4.78, 5) is 25.3. The Kier molecular flexibility index (Phi) is 5.95. The fourth-order valence-corrected chi connectivity index (χ4v) is 4.38. The van der Waals surface area contributed by atoms with Gasteiger partial charge in [0.2, 0.25) is 0 Å². The maximum atomic E-state index is 15.1. The van der Waals surface area contributed by atoms with Crippen molar-refractivity contribution in [3.63, 3.8) is 0 Å². The Morgan fingerprint density at radius 1 is 1.00 bits per heavy atom. The van der Waals surface area contributed by atoms with Crippen molar-refractivity contribution in [2.24, 2.45) is 0 Å². The van der Waals surface area contributed by atoms with Gasteiger partial charge in [-0.05, 0) is 34.7 Å². The van der Waals surface area contributed by atoms with Crippen LogP contribution in [-0.2, 0) is 9.53 Å². The first-order valence-electron chi connectivity index (χ1n) is 10.5. The first-order valence-corrected chi connectivity index (χ1v) is 10.5. The van der Waals surface area contributed by atoms with Crippen molar-refractivity contribution in [1.29, 1.82) is 0 Å². The second kappa shape index (κ2) is 8.83. The van der Waals surface area contributed by atoms with E-state index in [9.17, 15) is 14.7 Å². The van der Waals surface area contributed by atoms with Crippen LogP contribution in [0, 0.1) is 5.82 Å². The molecule has 32 heavy (non-hydrogen) atoms. The zero-order valence-electron chi connectivity index (χ0n) is 17.9. The Morgan fingerprint density at radius 2 is 1.59 bits per heavy atom. The molecule has 164 valence electrons. The zero-order valence-corrected chi connectivity index (χ0v) is 17.9. The summed E-state index contributed by atoms with van der Waals surface area (Å²) in [5, 5.41) is 9.38. The second-order valence-corrected chi connectivity index (χ2v) is 7.84. The molecule has 0 aliphatic heterocycles. The number of carboxylic acid groups (broad SMARTS) is 1. The Morgan fingerprint density at radius 3 is 2.16 bits per heavy atom. The summed E-state index contributed by atoms with van der Waals surface area (Å²) in [6.07, 6.45) is -0.462. The standard InChI is InChI=1S/C26H24FNO4/c1-3-16(25(29)30)21-13-8-14-23(24(21)27)28(2)26(31)32-15-22-19-11-6-4-9-17(19)18-10-5-7-12-20(18)22/h4-14,16,22H,3,15H2,1-2H3,(H,29,30). The normalized spacial score (nSPS) is 13.2. The van der Waals surface area contributed by atoms with Gasteiger partial charge in [0.15, 0.2) is 5.82 Å². The number of rotatable bonds is 6. The van der Waals surface area contributed by atoms with Crippen LogP contribution < -0.4 is 4.90 Å². The molecule has 1 amide bonds. The Hall–Kier alpha value is -3.67. The fraction of sp³-hybridized carbons (Fsp3) is 0.231. The predicted molar refractivity (Wildman–Crippen MR) is 121 cm³/mol. The number of ether oxygens (including phenoxy) is 1. The van der Waals surface area contributed by atoms with Crippen LogP contribution in [0.2, 0.25) is 0 Å². The number of hydrogen-bond acceptors (Lipinski definition) is 3. The molecule has 0 heterocycles. The van der Waals surface area contributed by atoms with Gasteiger partial charge in [0.25, 0.3) is 0 Å². The monoisotopic (exact) mass is 433 g/mol. The van der Waals surface area contributed by atoms with Crippen molar-refractivity contribution < 1.29 is 23.8 Å². The number of carbonyl (C=O) groups is 2. The SMILES string of the molecule is CCC(C(=O)O)c1cccc(N(C)C(=O)OCC2c3ccccc3-c3ccccc32)c1F. The molecule has 6 heteroatoms. The van der Waals surface area contributed by atoms with Crippen LogP contribution in [0.15, 0.2) is 66.7 Å². The van der Waals surface area contributed by atoms with Gasteiger partial charge in [0, 0.05) is 18.5 Å². The summed E-state index contributed by atoms with van der Waals surface area (Å²) in [5.41, 5.74) is 4.45. The summed E-state index contributed by atoms with van der Waals surface area (Å²) in [5.74, 6) is -2.91. The van der Waals surface area contributed by atoms with Crippen LogP contribution in [0.5, 0.6) is 0 Å². The highest BCUT2D eigenvalue weighted by Crippen LogP contribution is 2.44. The number of benzene rings is 3. The number of nitrogens with zero attached hydrogens (tertiary/aromatic N) is 1. The molecule has 1 N–H and O–H groups in total. The molecule has 0 spiro atoms. The van der Waals surface area contributed by atoms with Gasteiger partial charge in [0.1, 0.15) is 6.61 Å². The molecule has 4 rings (SSSR count). The molecule has 1 unspecified atom stereocenters. The summed E-state index contributed by atoms with van der Waals surface area (Å²) in [7, 11) is 1.42. The molecule has 0 saturated heterocycles. The third kappa shape index (κ3) is 3.73. The van der Waals surface area contributed by atoms with Gasteiger partial charge in [-0.2, -0.15) is 0 Å². The number of carboxylic acids is 1. The molecule has 1 aliphatic rings. The average Bonchev–Trinajstić information content (AvgIpc) is 3.12.